The Bertz CT molecular complexity index is 811. The molecule has 0 aromatic heterocycles. The fourth-order valence-electron chi connectivity index (χ4n) is 5.31. The quantitative estimate of drug-likeness (QED) is 0.574. The predicted molar refractivity (Wildman–Crippen MR) is 124 cm³/mol. The number of hydrogen-bond donors (Lipinski definition) is 3. The van der Waals surface area contributed by atoms with Crippen LogP contribution >= 0.6 is 0 Å². The Hall–Kier alpha value is -2.11. The number of aliphatic hydroxyl groups is 1. The average molecular weight is 409 g/mol. The van der Waals surface area contributed by atoms with E-state index in [1.165, 1.54) is 36.0 Å². The second kappa shape index (κ2) is 9.80. The third-order valence-electron chi connectivity index (χ3n) is 6.82. The van der Waals surface area contributed by atoms with Crippen molar-refractivity contribution < 1.29 is 5.11 Å². The average Bonchev–Trinajstić information content (AvgIpc) is 3.24. The zero-order valence-corrected chi connectivity index (χ0v) is 18.2. The summed E-state index contributed by atoms with van der Waals surface area (Å²) in [5.41, 5.74) is 16.4. The third-order valence-corrected chi connectivity index (χ3v) is 6.82. The second-order valence-corrected chi connectivity index (χ2v) is 8.85. The van der Waals surface area contributed by atoms with E-state index in [1.54, 1.807) is 5.57 Å². The number of rotatable bonds is 8. The SMILES string of the molecule is CCCN(CCO)C1C=CC(CC2=C(C3=C(N)C=CC4NN=CC34)CCCC2)=CC1. The molecule has 0 saturated heterocycles. The number of hydrogen-bond acceptors (Lipinski definition) is 5. The third kappa shape index (κ3) is 4.47. The lowest BCUT2D eigenvalue weighted by Gasteiger charge is -2.32. The van der Waals surface area contributed by atoms with Gasteiger partial charge in [-0.25, -0.2) is 0 Å². The molecule has 0 saturated carbocycles. The van der Waals surface area contributed by atoms with Crippen molar-refractivity contribution >= 4 is 6.21 Å². The molecule has 162 valence electrons. The number of fused-ring (bicyclic) bond motifs is 1. The van der Waals surface area contributed by atoms with Crippen LogP contribution in [0.4, 0.5) is 0 Å². The molecule has 30 heavy (non-hydrogen) atoms. The van der Waals surface area contributed by atoms with Crippen molar-refractivity contribution in [1.29, 1.82) is 0 Å². The van der Waals surface area contributed by atoms with Gasteiger partial charge in [0.05, 0.1) is 12.6 Å². The van der Waals surface area contributed by atoms with E-state index in [4.69, 9.17) is 5.73 Å². The number of nitrogens with two attached hydrogens (primary N) is 1. The highest BCUT2D eigenvalue weighted by Gasteiger charge is 2.33. The number of allylic oxidation sites excluding steroid dienone is 5. The Balaban J connectivity index is 1.52. The van der Waals surface area contributed by atoms with Crippen LogP contribution in [0, 0.1) is 5.92 Å². The van der Waals surface area contributed by atoms with Gasteiger partial charge in [-0.05, 0) is 74.3 Å². The topological polar surface area (TPSA) is 73.9 Å². The van der Waals surface area contributed by atoms with E-state index in [-0.39, 0.29) is 18.6 Å². The van der Waals surface area contributed by atoms with Crippen molar-refractivity contribution in [2.75, 3.05) is 19.7 Å². The van der Waals surface area contributed by atoms with Crippen LogP contribution < -0.4 is 11.2 Å². The van der Waals surface area contributed by atoms with Crippen LogP contribution in [0.15, 0.2) is 63.5 Å². The largest absolute Gasteiger partial charge is 0.398 e. The minimum Gasteiger partial charge on any atom is -0.398 e. The van der Waals surface area contributed by atoms with Crippen LogP contribution in [0.3, 0.4) is 0 Å². The smallest absolute Gasteiger partial charge is 0.0743 e. The van der Waals surface area contributed by atoms with Crippen molar-refractivity contribution in [2.24, 2.45) is 16.8 Å². The highest BCUT2D eigenvalue weighted by atomic mass is 16.3. The normalized spacial score (nSPS) is 28.2. The molecule has 0 aromatic carbocycles. The molecular weight excluding hydrogens is 372 g/mol. The van der Waals surface area contributed by atoms with Crippen molar-refractivity contribution in [1.82, 2.24) is 10.3 Å². The number of hydrazone groups is 1. The van der Waals surface area contributed by atoms with Crippen LogP contribution in [0.5, 0.6) is 0 Å². The highest BCUT2D eigenvalue weighted by Crippen LogP contribution is 2.40. The zero-order valence-electron chi connectivity index (χ0n) is 18.2. The fourth-order valence-corrected chi connectivity index (χ4v) is 5.31. The minimum atomic E-state index is 0.225. The monoisotopic (exact) mass is 408 g/mol. The van der Waals surface area contributed by atoms with Gasteiger partial charge in [-0.2, -0.15) is 5.10 Å². The van der Waals surface area contributed by atoms with Gasteiger partial charge in [-0.1, -0.05) is 36.8 Å². The Kier molecular flexibility index (Phi) is 6.90. The summed E-state index contributed by atoms with van der Waals surface area (Å²) in [6.45, 7) is 4.21. The van der Waals surface area contributed by atoms with Gasteiger partial charge in [0, 0.05) is 30.4 Å². The fraction of sp³-hybridized carbons (Fsp3) is 0.560. The summed E-state index contributed by atoms with van der Waals surface area (Å²) < 4.78 is 0. The van der Waals surface area contributed by atoms with Gasteiger partial charge in [0.2, 0.25) is 0 Å². The Labute approximate surface area is 180 Å². The number of aliphatic hydroxyl groups excluding tert-OH is 1. The van der Waals surface area contributed by atoms with E-state index in [0.29, 0.717) is 6.04 Å². The van der Waals surface area contributed by atoms with Gasteiger partial charge >= 0.3 is 0 Å². The Morgan fingerprint density at radius 3 is 2.83 bits per heavy atom. The maximum Gasteiger partial charge on any atom is 0.0743 e. The lowest BCUT2D eigenvalue weighted by atomic mass is 9.76. The van der Waals surface area contributed by atoms with Gasteiger partial charge in [0.1, 0.15) is 0 Å². The first kappa shape index (κ1) is 21.1. The van der Waals surface area contributed by atoms with Gasteiger partial charge in [-0.15, -0.1) is 0 Å². The summed E-state index contributed by atoms with van der Waals surface area (Å²) in [4.78, 5) is 2.39. The molecule has 0 fully saturated rings. The maximum atomic E-state index is 9.38. The second-order valence-electron chi connectivity index (χ2n) is 8.85. The van der Waals surface area contributed by atoms with Gasteiger partial charge in [0.25, 0.3) is 0 Å². The molecule has 3 atom stereocenters. The summed E-state index contributed by atoms with van der Waals surface area (Å²) in [7, 11) is 0. The van der Waals surface area contributed by atoms with E-state index in [1.807, 2.05) is 6.21 Å². The Morgan fingerprint density at radius 1 is 1.20 bits per heavy atom. The molecule has 4 N–H and O–H groups in total. The molecule has 3 aliphatic carbocycles. The number of nitrogens with one attached hydrogen (secondary N) is 1. The lowest BCUT2D eigenvalue weighted by Crippen LogP contribution is -2.37. The molecule has 1 heterocycles. The van der Waals surface area contributed by atoms with Crippen LogP contribution in [0.2, 0.25) is 0 Å². The summed E-state index contributed by atoms with van der Waals surface area (Å²) in [6, 6.07) is 0.651. The van der Waals surface area contributed by atoms with Crippen LogP contribution in [0.25, 0.3) is 0 Å². The van der Waals surface area contributed by atoms with Crippen molar-refractivity contribution in [3.05, 3.63) is 58.4 Å². The van der Waals surface area contributed by atoms with E-state index in [9.17, 15) is 5.11 Å². The predicted octanol–water partition coefficient (Wildman–Crippen LogP) is 3.56. The van der Waals surface area contributed by atoms with Crippen molar-refractivity contribution in [3.8, 4) is 0 Å². The van der Waals surface area contributed by atoms with Crippen LogP contribution in [-0.4, -0.2) is 48.0 Å². The van der Waals surface area contributed by atoms with Crippen LogP contribution in [0.1, 0.15) is 51.9 Å². The molecule has 5 heteroatoms. The summed E-state index contributed by atoms with van der Waals surface area (Å²) in [6.07, 6.45) is 21.3. The molecule has 0 radical (unpaired) electrons. The molecule has 0 bridgehead atoms. The standard InChI is InChI=1S/C25H36N4O/c1-2-13-29(14-15-30)20-9-7-18(8-10-20)16-19-5-3-4-6-21(19)25-22-17-27-28-24(22)12-11-23(25)26/h7-9,11-12,17,20,22,24,28,30H,2-6,10,13-16,26H2,1H3. The maximum absolute atomic E-state index is 9.38. The molecule has 0 aromatic rings. The summed E-state index contributed by atoms with van der Waals surface area (Å²) in [5.74, 6) is 0.263. The first-order chi connectivity index (χ1) is 14.7. The first-order valence-corrected chi connectivity index (χ1v) is 11.6. The number of nitrogens with zero attached hydrogens (tertiary/aromatic N) is 2. The van der Waals surface area contributed by atoms with Gasteiger partial charge < -0.3 is 16.3 Å². The molecule has 1 aliphatic heterocycles. The van der Waals surface area contributed by atoms with Gasteiger partial charge in [0.15, 0.2) is 0 Å². The highest BCUT2D eigenvalue weighted by molar-refractivity contribution is 5.73. The molecule has 3 unspecified atom stereocenters. The summed E-state index contributed by atoms with van der Waals surface area (Å²) >= 11 is 0. The van der Waals surface area contributed by atoms with E-state index in [2.05, 4.69) is 52.7 Å². The molecule has 4 aliphatic rings. The van der Waals surface area contributed by atoms with Crippen molar-refractivity contribution in [3.63, 3.8) is 0 Å². The van der Waals surface area contributed by atoms with Crippen LogP contribution in [-0.2, 0) is 0 Å². The van der Waals surface area contributed by atoms with E-state index < -0.39 is 0 Å². The molecule has 5 nitrogen and oxygen atoms in total. The minimum absolute atomic E-state index is 0.225. The molecular formula is C25H36N4O. The molecule has 4 rings (SSSR count). The zero-order chi connectivity index (χ0) is 20.9. The molecule has 0 spiro atoms. The molecule has 0 amide bonds. The van der Waals surface area contributed by atoms with Crippen molar-refractivity contribution in [2.45, 2.75) is 64.0 Å². The lowest BCUT2D eigenvalue weighted by molar-refractivity contribution is 0.170. The van der Waals surface area contributed by atoms with Gasteiger partial charge in [-0.3, -0.25) is 4.90 Å². The van der Waals surface area contributed by atoms with E-state index in [0.717, 1.165) is 44.5 Å². The first-order valence-electron chi connectivity index (χ1n) is 11.6. The Morgan fingerprint density at radius 2 is 2.07 bits per heavy atom. The van der Waals surface area contributed by atoms with E-state index >= 15 is 0 Å². The summed E-state index contributed by atoms with van der Waals surface area (Å²) in [5, 5.41) is 13.7.